The highest BCUT2D eigenvalue weighted by Gasteiger charge is 2.19. The lowest BCUT2D eigenvalue weighted by Gasteiger charge is -2.24. The van der Waals surface area contributed by atoms with Crippen LogP contribution in [0.4, 0.5) is 5.95 Å². The SMILES string of the molecule is CCN(C)CCN(CC)C(=O)c1nc(N)nc2ccccc12. The number of fused-ring (bicyclic) bond motifs is 1. The highest BCUT2D eigenvalue weighted by Crippen LogP contribution is 2.18. The van der Waals surface area contributed by atoms with Crippen molar-refractivity contribution in [3.8, 4) is 0 Å². The summed E-state index contributed by atoms with van der Waals surface area (Å²) in [5.74, 6) is 0.0288. The van der Waals surface area contributed by atoms with Crippen LogP contribution in [-0.4, -0.2) is 58.9 Å². The van der Waals surface area contributed by atoms with Crippen molar-refractivity contribution < 1.29 is 4.79 Å². The lowest BCUT2D eigenvalue weighted by atomic mass is 10.1. The molecule has 1 amide bonds. The fourth-order valence-electron chi connectivity index (χ4n) is 2.26. The first kappa shape index (κ1) is 16.2. The molecule has 0 bridgehead atoms. The van der Waals surface area contributed by atoms with E-state index in [-0.39, 0.29) is 11.9 Å². The van der Waals surface area contributed by atoms with Gasteiger partial charge in [0.05, 0.1) is 5.52 Å². The highest BCUT2D eigenvalue weighted by molar-refractivity contribution is 6.04. The summed E-state index contributed by atoms with van der Waals surface area (Å²) in [6, 6.07) is 7.44. The molecule has 0 spiro atoms. The fraction of sp³-hybridized carbons (Fsp3) is 0.438. The highest BCUT2D eigenvalue weighted by atomic mass is 16.2. The second-order valence-corrected chi connectivity index (χ2v) is 5.23. The number of benzene rings is 1. The Balaban J connectivity index is 2.31. The van der Waals surface area contributed by atoms with Gasteiger partial charge in [-0.15, -0.1) is 0 Å². The number of nitrogen functional groups attached to an aromatic ring is 1. The first-order chi connectivity index (χ1) is 10.6. The third-order valence-corrected chi connectivity index (χ3v) is 3.78. The number of likely N-dealkylation sites (N-methyl/N-ethyl adjacent to an activating group) is 2. The molecule has 6 heteroatoms. The molecule has 0 aliphatic carbocycles. The first-order valence-corrected chi connectivity index (χ1v) is 7.56. The number of hydrogen-bond acceptors (Lipinski definition) is 5. The summed E-state index contributed by atoms with van der Waals surface area (Å²) >= 11 is 0. The van der Waals surface area contributed by atoms with Crippen molar-refractivity contribution in [3.05, 3.63) is 30.0 Å². The van der Waals surface area contributed by atoms with Crippen LogP contribution in [0.2, 0.25) is 0 Å². The van der Waals surface area contributed by atoms with E-state index >= 15 is 0 Å². The van der Waals surface area contributed by atoms with Gasteiger partial charge in [-0.1, -0.05) is 25.1 Å². The minimum atomic E-state index is -0.0997. The average molecular weight is 301 g/mol. The van der Waals surface area contributed by atoms with Gasteiger partial charge in [0.1, 0.15) is 5.69 Å². The zero-order valence-electron chi connectivity index (χ0n) is 13.4. The van der Waals surface area contributed by atoms with Crippen LogP contribution < -0.4 is 5.73 Å². The molecular weight excluding hydrogens is 278 g/mol. The topological polar surface area (TPSA) is 75.3 Å². The number of rotatable bonds is 6. The summed E-state index contributed by atoms with van der Waals surface area (Å²) in [6.07, 6.45) is 0. The lowest BCUT2D eigenvalue weighted by molar-refractivity contribution is 0.0747. The maximum atomic E-state index is 12.8. The van der Waals surface area contributed by atoms with Crippen molar-refractivity contribution in [2.75, 3.05) is 39.0 Å². The van der Waals surface area contributed by atoms with Crippen molar-refractivity contribution in [3.63, 3.8) is 0 Å². The molecule has 0 aliphatic heterocycles. The Morgan fingerprint density at radius 2 is 1.86 bits per heavy atom. The largest absolute Gasteiger partial charge is 0.368 e. The van der Waals surface area contributed by atoms with Gasteiger partial charge >= 0.3 is 0 Å². The molecule has 1 heterocycles. The van der Waals surface area contributed by atoms with Crippen LogP contribution in [0.15, 0.2) is 24.3 Å². The van der Waals surface area contributed by atoms with Crippen molar-refractivity contribution in [2.24, 2.45) is 0 Å². The number of carbonyl (C=O) groups excluding carboxylic acids is 1. The molecule has 0 atom stereocenters. The van der Waals surface area contributed by atoms with Gasteiger partial charge in [0.15, 0.2) is 0 Å². The molecule has 0 saturated carbocycles. The molecule has 0 saturated heterocycles. The lowest BCUT2D eigenvalue weighted by Crippen LogP contribution is -2.38. The Bertz CT molecular complexity index is 658. The van der Waals surface area contributed by atoms with Crippen LogP contribution in [0.5, 0.6) is 0 Å². The fourth-order valence-corrected chi connectivity index (χ4v) is 2.26. The van der Waals surface area contributed by atoms with Crippen LogP contribution in [0, 0.1) is 0 Å². The van der Waals surface area contributed by atoms with Crippen LogP contribution in [0.3, 0.4) is 0 Å². The van der Waals surface area contributed by atoms with Gasteiger partial charge in [0, 0.05) is 25.0 Å². The molecule has 2 rings (SSSR count). The number of hydrogen-bond donors (Lipinski definition) is 1. The van der Waals surface area contributed by atoms with E-state index in [2.05, 4.69) is 21.8 Å². The van der Waals surface area contributed by atoms with Crippen molar-refractivity contribution >= 4 is 22.8 Å². The summed E-state index contributed by atoms with van der Waals surface area (Å²) in [7, 11) is 2.04. The maximum Gasteiger partial charge on any atom is 0.273 e. The second-order valence-electron chi connectivity index (χ2n) is 5.23. The van der Waals surface area contributed by atoms with Gasteiger partial charge in [-0.25, -0.2) is 9.97 Å². The van der Waals surface area contributed by atoms with Crippen LogP contribution in [0.25, 0.3) is 10.9 Å². The van der Waals surface area contributed by atoms with E-state index in [9.17, 15) is 4.79 Å². The summed E-state index contributed by atoms with van der Waals surface area (Å²) in [5, 5.41) is 0.740. The zero-order valence-corrected chi connectivity index (χ0v) is 13.4. The van der Waals surface area contributed by atoms with E-state index in [1.54, 1.807) is 4.90 Å². The number of anilines is 1. The summed E-state index contributed by atoms with van der Waals surface area (Å²) in [5.41, 5.74) is 6.82. The molecule has 2 aromatic rings. The van der Waals surface area contributed by atoms with Gasteiger partial charge in [-0.2, -0.15) is 0 Å². The van der Waals surface area contributed by atoms with Crippen molar-refractivity contribution in [1.29, 1.82) is 0 Å². The molecule has 0 unspecified atom stereocenters. The third kappa shape index (κ3) is 3.51. The monoisotopic (exact) mass is 301 g/mol. The average Bonchev–Trinajstić information content (AvgIpc) is 2.53. The molecule has 118 valence electrons. The molecular formula is C16H23N5O. The smallest absolute Gasteiger partial charge is 0.273 e. The van der Waals surface area contributed by atoms with Crippen LogP contribution >= 0.6 is 0 Å². The van der Waals surface area contributed by atoms with Crippen molar-refractivity contribution in [1.82, 2.24) is 19.8 Å². The van der Waals surface area contributed by atoms with E-state index in [4.69, 9.17) is 5.73 Å². The molecule has 0 fully saturated rings. The van der Waals surface area contributed by atoms with Gasteiger partial charge in [0.25, 0.3) is 5.91 Å². The number of nitrogens with zero attached hydrogens (tertiary/aromatic N) is 4. The van der Waals surface area contributed by atoms with Crippen LogP contribution in [-0.2, 0) is 0 Å². The van der Waals surface area contributed by atoms with Gasteiger partial charge in [-0.05, 0) is 26.6 Å². The maximum absolute atomic E-state index is 12.8. The number of para-hydroxylation sites is 1. The number of aromatic nitrogens is 2. The zero-order chi connectivity index (χ0) is 16.1. The number of nitrogens with two attached hydrogens (primary N) is 1. The van der Waals surface area contributed by atoms with E-state index < -0.39 is 0 Å². The van der Waals surface area contributed by atoms with Gasteiger partial charge in [-0.3, -0.25) is 4.79 Å². The predicted molar refractivity (Wildman–Crippen MR) is 88.7 cm³/mol. The molecule has 6 nitrogen and oxygen atoms in total. The quantitative estimate of drug-likeness (QED) is 0.877. The Kier molecular flexibility index (Phi) is 5.27. The van der Waals surface area contributed by atoms with Gasteiger partial charge in [0.2, 0.25) is 5.95 Å². The minimum absolute atomic E-state index is 0.0997. The predicted octanol–water partition coefficient (Wildman–Crippen LogP) is 1.63. The normalized spacial score (nSPS) is 11.1. The number of amides is 1. The third-order valence-electron chi connectivity index (χ3n) is 3.78. The second kappa shape index (κ2) is 7.17. The minimum Gasteiger partial charge on any atom is -0.368 e. The number of carbonyl (C=O) groups is 1. The molecule has 1 aromatic heterocycles. The molecule has 0 radical (unpaired) electrons. The van der Waals surface area contributed by atoms with E-state index in [1.807, 2.05) is 38.2 Å². The first-order valence-electron chi connectivity index (χ1n) is 7.56. The Labute approximate surface area is 130 Å². The van der Waals surface area contributed by atoms with Crippen molar-refractivity contribution in [2.45, 2.75) is 13.8 Å². The van der Waals surface area contributed by atoms with E-state index in [1.165, 1.54) is 0 Å². The van der Waals surface area contributed by atoms with E-state index in [0.717, 1.165) is 18.5 Å². The molecule has 1 aromatic carbocycles. The standard InChI is InChI=1S/C16H23N5O/c1-4-20(3)10-11-21(5-2)15(22)14-12-8-6-7-9-13(12)18-16(17)19-14/h6-9H,4-5,10-11H2,1-3H3,(H2,17,18,19). The van der Waals surface area contributed by atoms with Crippen LogP contribution in [0.1, 0.15) is 24.3 Å². The summed E-state index contributed by atoms with van der Waals surface area (Å²) in [4.78, 5) is 25.1. The van der Waals surface area contributed by atoms with Gasteiger partial charge < -0.3 is 15.5 Å². The molecule has 22 heavy (non-hydrogen) atoms. The molecule has 0 aliphatic rings. The Hall–Kier alpha value is -2.21. The van der Waals surface area contributed by atoms with E-state index in [0.29, 0.717) is 24.3 Å². The Morgan fingerprint density at radius 3 is 2.55 bits per heavy atom. The summed E-state index contributed by atoms with van der Waals surface area (Å²) in [6.45, 7) is 7.14. The summed E-state index contributed by atoms with van der Waals surface area (Å²) < 4.78 is 0. The Morgan fingerprint density at radius 1 is 1.14 bits per heavy atom. The molecule has 2 N–H and O–H groups in total.